The lowest BCUT2D eigenvalue weighted by atomic mass is 10.2. The van der Waals surface area contributed by atoms with Crippen molar-refractivity contribution in [2.45, 2.75) is 4.90 Å². The second-order valence-electron chi connectivity index (χ2n) is 2.81. The maximum Gasteiger partial charge on any atom is 0.339 e. The van der Waals surface area contributed by atoms with Crippen molar-refractivity contribution in [3.63, 3.8) is 0 Å². The number of sulfonamides is 1. The van der Waals surface area contributed by atoms with E-state index in [1.54, 1.807) is 0 Å². The Morgan fingerprint density at radius 3 is 2.44 bits per heavy atom. The molecule has 0 atom stereocenters. The SMILES string of the molecule is CNS(=O)(=O)c1cc(Cl)cc(C(=O)O)c1O. The second-order valence-corrected chi connectivity index (χ2v) is 5.10. The van der Waals surface area contributed by atoms with Gasteiger partial charge in [0.1, 0.15) is 16.2 Å². The van der Waals surface area contributed by atoms with Gasteiger partial charge in [0, 0.05) is 5.02 Å². The molecule has 1 aromatic carbocycles. The highest BCUT2D eigenvalue weighted by Gasteiger charge is 2.23. The summed E-state index contributed by atoms with van der Waals surface area (Å²) in [5.41, 5.74) is -0.568. The molecular formula is C8H8ClNO5S. The van der Waals surface area contributed by atoms with Crippen LogP contribution in [-0.4, -0.2) is 31.6 Å². The molecule has 0 aromatic heterocycles. The molecule has 3 N–H and O–H groups in total. The van der Waals surface area contributed by atoms with Crippen LogP contribution in [0.5, 0.6) is 5.75 Å². The van der Waals surface area contributed by atoms with Gasteiger partial charge < -0.3 is 10.2 Å². The predicted octanol–water partition coefficient (Wildman–Crippen LogP) is 0.652. The van der Waals surface area contributed by atoms with Crippen LogP contribution < -0.4 is 4.72 Å². The highest BCUT2D eigenvalue weighted by atomic mass is 35.5. The number of benzene rings is 1. The Bertz CT molecular complexity index is 540. The van der Waals surface area contributed by atoms with Crippen molar-refractivity contribution in [2.24, 2.45) is 0 Å². The van der Waals surface area contributed by atoms with Gasteiger partial charge in [0.05, 0.1) is 0 Å². The van der Waals surface area contributed by atoms with Crippen LogP contribution in [-0.2, 0) is 10.0 Å². The number of nitrogens with one attached hydrogen (secondary N) is 1. The average Bonchev–Trinajstić information content (AvgIpc) is 2.20. The van der Waals surface area contributed by atoms with Crippen LogP contribution in [0, 0.1) is 0 Å². The first-order valence-electron chi connectivity index (χ1n) is 3.99. The minimum atomic E-state index is -3.96. The molecule has 0 spiro atoms. The molecule has 8 heteroatoms. The zero-order valence-electron chi connectivity index (χ0n) is 8.06. The molecule has 1 aromatic rings. The fourth-order valence-corrected chi connectivity index (χ4v) is 2.20. The third kappa shape index (κ3) is 2.26. The second kappa shape index (κ2) is 4.28. The first-order valence-corrected chi connectivity index (χ1v) is 5.85. The molecule has 0 saturated heterocycles. The number of carboxylic acids is 1. The summed E-state index contributed by atoms with van der Waals surface area (Å²) in [6, 6.07) is 1.93. The van der Waals surface area contributed by atoms with E-state index in [9.17, 15) is 18.3 Å². The van der Waals surface area contributed by atoms with E-state index in [1.807, 2.05) is 4.72 Å². The summed E-state index contributed by atoms with van der Waals surface area (Å²) in [6.45, 7) is 0. The lowest BCUT2D eigenvalue weighted by Crippen LogP contribution is -2.19. The third-order valence-corrected chi connectivity index (χ3v) is 3.47. The van der Waals surface area contributed by atoms with Crippen LogP contribution in [0.1, 0.15) is 10.4 Å². The lowest BCUT2D eigenvalue weighted by molar-refractivity contribution is 0.0693. The number of hydrogen-bond acceptors (Lipinski definition) is 4. The van der Waals surface area contributed by atoms with Crippen molar-refractivity contribution in [1.82, 2.24) is 4.72 Å². The maximum absolute atomic E-state index is 11.4. The molecule has 0 bridgehead atoms. The van der Waals surface area contributed by atoms with E-state index in [4.69, 9.17) is 16.7 Å². The zero-order valence-corrected chi connectivity index (χ0v) is 9.63. The Balaban J connectivity index is 3.60. The van der Waals surface area contributed by atoms with E-state index < -0.39 is 32.2 Å². The van der Waals surface area contributed by atoms with Crippen molar-refractivity contribution < 1.29 is 23.4 Å². The van der Waals surface area contributed by atoms with Crippen molar-refractivity contribution >= 4 is 27.6 Å². The number of hydrogen-bond donors (Lipinski definition) is 3. The molecule has 0 heterocycles. The molecule has 88 valence electrons. The standard InChI is InChI=1S/C8H8ClNO5S/c1-10-16(14,15)6-3-4(9)2-5(7(6)11)8(12)13/h2-3,10-11H,1H3,(H,12,13). The third-order valence-electron chi connectivity index (χ3n) is 1.83. The summed E-state index contributed by atoms with van der Waals surface area (Å²) in [5.74, 6) is -2.31. The molecule has 16 heavy (non-hydrogen) atoms. The molecule has 0 amide bonds. The average molecular weight is 266 g/mol. The summed E-state index contributed by atoms with van der Waals surface area (Å²) in [4.78, 5) is 10.1. The van der Waals surface area contributed by atoms with Crippen molar-refractivity contribution in [3.05, 3.63) is 22.7 Å². The van der Waals surface area contributed by atoms with Gasteiger partial charge in [-0.25, -0.2) is 17.9 Å². The van der Waals surface area contributed by atoms with Crippen molar-refractivity contribution in [2.75, 3.05) is 7.05 Å². The molecule has 0 fully saturated rings. The lowest BCUT2D eigenvalue weighted by Gasteiger charge is -2.08. The largest absolute Gasteiger partial charge is 0.506 e. The van der Waals surface area contributed by atoms with Crippen LogP contribution in [0.15, 0.2) is 17.0 Å². The Morgan fingerprint density at radius 1 is 1.44 bits per heavy atom. The minimum absolute atomic E-state index is 0.0935. The van der Waals surface area contributed by atoms with E-state index >= 15 is 0 Å². The van der Waals surface area contributed by atoms with E-state index in [-0.39, 0.29) is 5.02 Å². The maximum atomic E-state index is 11.4. The van der Waals surface area contributed by atoms with Crippen molar-refractivity contribution in [1.29, 1.82) is 0 Å². The molecule has 6 nitrogen and oxygen atoms in total. The summed E-state index contributed by atoms with van der Waals surface area (Å²) >= 11 is 5.56. The van der Waals surface area contributed by atoms with E-state index in [0.717, 1.165) is 19.2 Å². The fraction of sp³-hybridized carbons (Fsp3) is 0.125. The monoisotopic (exact) mass is 265 g/mol. The van der Waals surface area contributed by atoms with E-state index in [0.29, 0.717) is 0 Å². The summed E-state index contributed by atoms with van der Waals surface area (Å²) in [5, 5.41) is 18.1. The van der Waals surface area contributed by atoms with Gasteiger partial charge in [-0.1, -0.05) is 11.6 Å². The van der Waals surface area contributed by atoms with E-state index in [2.05, 4.69) is 0 Å². The van der Waals surface area contributed by atoms with Crippen molar-refractivity contribution in [3.8, 4) is 5.75 Å². The predicted molar refractivity (Wildman–Crippen MR) is 56.3 cm³/mol. The molecule has 0 aliphatic rings. The highest BCUT2D eigenvalue weighted by molar-refractivity contribution is 7.89. The quantitative estimate of drug-likeness (QED) is 0.744. The summed E-state index contributed by atoms with van der Waals surface area (Å²) in [6.07, 6.45) is 0. The molecule has 1 rings (SSSR count). The number of aromatic hydroxyl groups is 1. The molecule has 0 saturated carbocycles. The van der Waals surface area contributed by atoms with Gasteiger partial charge in [-0.2, -0.15) is 0 Å². The number of phenols is 1. The first kappa shape index (κ1) is 12.8. The smallest absolute Gasteiger partial charge is 0.339 e. The Morgan fingerprint density at radius 2 is 2.00 bits per heavy atom. The highest BCUT2D eigenvalue weighted by Crippen LogP contribution is 2.30. The summed E-state index contributed by atoms with van der Waals surface area (Å²) in [7, 11) is -2.82. The molecular weight excluding hydrogens is 258 g/mol. The Kier molecular flexibility index (Phi) is 3.41. The van der Waals surface area contributed by atoms with Gasteiger partial charge in [-0.3, -0.25) is 0 Å². The molecule has 0 aliphatic carbocycles. The van der Waals surface area contributed by atoms with Crippen LogP contribution >= 0.6 is 11.6 Å². The van der Waals surface area contributed by atoms with Gasteiger partial charge in [-0.15, -0.1) is 0 Å². The Hall–Kier alpha value is -1.31. The number of carbonyl (C=O) groups is 1. The van der Waals surface area contributed by atoms with Gasteiger partial charge >= 0.3 is 5.97 Å². The van der Waals surface area contributed by atoms with Gasteiger partial charge in [-0.05, 0) is 19.2 Å². The van der Waals surface area contributed by atoms with Gasteiger partial charge in [0.15, 0.2) is 0 Å². The molecule has 0 unspecified atom stereocenters. The van der Waals surface area contributed by atoms with Gasteiger partial charge in [0.25, 0.3) is 0 Å². The number of carboxylic acid groups (broad SMARTS) is 1. The normalized spacial score (nSPS) is 11.4. The van der Waals surface area contributed by atoms with Crippen LogP contribution in [0.3, 0.4) is 0 Å². The first-order chi connectivity index (χ1) is 7.29. The minimum Gasteiger partial charge on any atom is -0.506 e. The van der Waals surface area contributed by atoms with E-state index in [1.165, 1.54) is 0 Å². The fourth-order valence-electron chi connectivity index (χ4n) is 1.05. The number of rotatable bonds is 3. The topological polar surface area (TPSA) is 104 Å². The summed E-state index contributed by atoms with van der Waals surface area (Å²) < 4.78 is 24.8. The number of halogens is 1. The van der Waals surface area contributed by atoms with Gasteiger partial charge in [0.2, 0.25) is 10.0 Å². The van der Waals surface area contributed by atoms with Crippen LogP contribution in [0.25, 0.3) is 0 Å². The molecule has 0 radical (unpaired) electrons. The zero-order chi connectivity index (χ0) is 12.5. The van der Waals surface area contributed by atoms with Crippen LogP contribution in [0.2, 0.25) is 5.02 Å². The number of aromatic carboxylic acids is 1. The van der Waals surface area contributed by atoms with Crippen LogP contribution in [0.4, 0.5) is 0 Å². The molecule has 0 aliphatic heterocycles. The Labute approximate surface area is 96.5 Å².